The third-order valence-corrected chi connectivity index (χ3v) is 4.38. The Balaban J connectivity index is 2.13. The molecule has 0 spiro atoms. The molecule has 8 heteroatoms. The molecule has 0 unspecified atom stereocenters. The number of carbonyl (C=O) groups excluding carboxylic acids is 1. The number of nitrogens with zero attached hydrogens (tertiary/aromatic N) is 3. The molecule has 0 saturated carbocycles. The molecular formula is C14H16F3N3OS. The van der Waals surface area contributed by atoms with Crippen LogP contribution in [0, 0.1) is 13.8 Å². The van der Waals surface area contributed by atoms with Crippen LogP contribution in [0.3, 0.4) is 0 Å². The van der Waals surface area contributed by atoms with Gasteiger partial charge in [0.1, 0.15) is 6.54 Å². The number of Topliss-reactive ketones (excluding diaryl/α,β-unsaturated/α-hetero) is 1. The maximum Gasteiger partial charge on any atom is 0.406 e. The highest BCUT2D eigenvalue weighted by Crippen LogP contribution is 2.24. The molecule has 0 aliphatic carbocycles. The van der Waals surface area contributed by atoms with Gasteiger partial charge in [-0.1, -0.05) is 11.8 Å². The number of hydrogen-bond acceptors (Lipinski definition) is 3. The summed E-state index contributed by atoms with van der Waals surface area (Å²) in [5.41, 5.74) is 1.11. The van der Waals surface area contributed by atoms with Crippen LogP contribution in [0.2, 0.25) is 0 Å². The average molecular weight is 331 g/mol. The molecule has 2 aromatic rings. The van der Waals surface area contributed by atoms with Gasteiger partial charge in [-0.3, -0.25) is 4.79 Å². The maximum absolute atomic E-state index is 12.6. The molecule has 0 aromatic carbocycles. The fourth-order valence-electron chi connectivity index (χ4n) is 2.20. The van der Waals surface area contributed by atoms with E-state index in [4.69, 9.17) is 0 Å². The molecular weight excluding hydrogens is 315 g/mol. The van der Waals surface area contributed by atoms with Gasteiger partial charge in [0.25, 0.3) is 0 Å². The first kappa shape index (κ1) is 16.7. The van der Waals surface area contributed by atoms with Crippen molar-refractivity contribution in [2.24, 2.45) is 7.05 Å². The van der Waals surface area contributed by atoms with Gasteiger partial charge in [-0.2, -0.15) is 13.2 Å². The van der Waals surface area contributed by atoms with Crippen LogP contribution >= 0.6 is 11.8 Å². The lowest BCUT2D eigenvalue weighted by Gasteiger charge is -2.12. The summed E-state index contributed by atoms with van der Waals surface area (Å²) in [6.07, 6.45) is -0.916. The highest BCUT2D eigenvalue weighted by molar-refractivity contribution is 7.99. The van der Waals surface area contributed by atoms with Crippen molar-refractivity contribution in [3.63, 3.8) is 0 Å². The molecule has 2 heterocycles. The van der Waals surface area contributed by atoms with Gasteiger partial charge in [0.05, 0.1) is 5.75 Å². The zero-order chi connectivity index (χ0) is 16.5. The van der Waals surface area contributed by atoms with Crippen molar-refractivity contribution < 1.29 is 18.0 Å². The van der Waals surface area contributed by atoms with Gasteiger partial charge < -0.3 is 9.13 Å². The molecule has 22 heavy (non-hydrogen) atoms. The van der Waals surface area contributed by atoms with Crippen molar-refractivity contribution in [2.75, 3.05) is 5.75 Å². The summed E-state index contributed by atoms with van der Waals surface area (Å²) in [6.45, 7) is 2.03. The molecule has 0 aliphatic heterocycles. The quantitative estimate of drug-likeness (QED) is 0.623. The van der Waals surface area contributed by atoms with Gasteiger partial charge in [-0.25, -0.2) is 4.98 Å². The lowest BCUT2D eigenvalue weighted by Crippen LogP contribution is -2.19. The van der Waals surface area contributed by atoms with Crippen molar-refractivity contribution in [1.29, 1.82) is 0 Å². The molecule has 2 aromatic heterocycles. The first-order valence-corrected chi connectivity index (χ1v) is 7.54. The Hall–Kier alpha value is -1.70. The fraction of sp³-hybridized carbons (Fsp3) is 0.429. The Bertz CT molecular complexity index is 688. The summed E-state index contributed by atoms with van der Waals surface area (Å²) in [5, 5.41) is 0.692. The monoisotopic (exact) mass is 331 g/mol. The summed E-state index contributed by atoms with van der Waals surface area (Å²) < 4.78 is 40.6. The minimum atomic E-state index is -4.31. The van der Waals surface area contributed by atoms with Gasteiger partial charge in [0.15, 0.2) is 10.9 Å². The smallest absolute Gasteiger partial charge is 0.339 e. The number of halogens is 3. The normalized spacial score (nSPS) is 11.9. The molecule has 0 N–H and O–H groups in total. The number of carbonyl (C=O) groups is 1. The van der Waals surface area contributed by atoms with Crippen molar-refractivity contribution in [1.82, 2.24) is 14.1 Å². The van der Waals surface area contributed by atoms with Crippen LogP contribution in [0.4, 0.5) is 13.2 Å². The van der Waals surface area contributed by atoms with E-state index in [0.717, 1.165) is 4.57 Å². The summed E-state index contributed by atoms with van der Waals surface area (Å²) in [4.78, 5) is 16.3. The second-order valence-corrected chi connectivity index (χ2v) is 5.96. The highest BCUT2D eigenvalue weighted by Gasteiger charge is 2.30. The zero-order valence-corrected chi connectivity index (χ0v) is 13.3. The van der Waals surface area contributed by atoms with Crippen LogP contribution in [-0.2, 0) is 13.6 Å². The molecule has 0 aliphatic rings. The van der Waals surface area contributed by atoms with Crippen LogP contribution in [0.5, 0.6) is 0 Å². The Kier molecular flexibility index (Phi) is 4.69. The van der Waals surface area contributed by atoms with Crippen molar-refractivity contribution in [3.8, 4) is 0 Å². The third kappa shape index (κ3) is 3.73. The molecule has 0 saturated heterocycles. The van der Waals surface area contributed by atoms with E-state index in [-0.39, 0.29) is 11.5 Å². The molecule has 120 valence electrons. The fourth-order valence-corrected chi connectivity index (χ4v) is 3.02. The topological polar surface area (TPSA) is 39.8 Å². The molecule has 0 bridgehead atoms. The van der Waals surface area contributed by atoms with Gasteiger partial charge in [0.2, 0.25) is 0 Å². The summed E-state index contributed by atoms with van der Waals surface area (Å²) in [5.74, 6) is -0.0595. The van der Waals surface area contributed by atoms with Crippen LogP contribution in [-0.4, -0.2) is 31.8 Å². The van der Waals surface area contributed by atoms with Gasteiger partial charge in [-0.05, 0) is 19.9 Å². The number of alkyl halides is 3. The first-order valence-electron chi connectivity index (χ1n) is 6.56. The second-order valence-electron chi connectivity index (χ2n) is 5.02. The molecule has 0 atom stereocenters. The number of aryl methyl sites for hydroxylation is 2. The predicted octanol–water partition coefficient (Wildman–Crippen LogP) is 3.38. The van der Waals surface area contributed by atoms with E-state index in [0.29, 0.717) is 22.1 Å². The van der Waals surface area contributed by atoms with Crippen molar-refractivity contribution in [3.05, 3.63) is 35.4 Å². The Morgan fingerprint density at radius 1 is 1.36 bits per heavy atom. The van der Waals surface area contributed by atoms with E-state index in [1.54, 1.807) is 23.9 Å². The van der Waals surface area contributed by atoms with Crippen LogP contribution in [0.15, 0.2) is 23.6 Å². The number of rotatable bonds is 5. The predicted molar refractivity (Wildman–Crippen MR) is 78.2 cm³/mol. The first-order chi connectivity index (χ1) is 10.2. The van der Waals surface area contributed by atoms with E-state index in [9.17, 15) is 18.0 Å². The van der Waals surface area contributed by atoms with Gasteiger partial charge in [-0.15, -0.1) is 0 Å². The minimum absolute atomic E-state index is 0.140. The number of ketones is 1. The maximum atomic E-state index is 12.6. The molecule has 4 nitrogen and oxygen atoms in total. The Morgan fingerprint density at radius 3 is 2.59 bits per heavy atom. The summed E-state index contributed by atoms with van der Waals surface area (Å²) in [6, 6.07) is 1.52. The van der Waals surface area contributed by atoms with Crippen LogP contribution < -0.4 is 0 Å². The number of hydrogen-bond donors (Lipinski definition) is 0. The van der Waals surface area contributed by atoms with E-state index < -0.39 is 12.7 Å². The zero-order valence-electron chi connectivity index (χ0n) is 12.4. The van der Waals surface area contributed by atoms with Gasteiger partial charge >= 0.3 is 6.18 Å². The van der Waals surface area contributed by atoms with E-state index >= 15 is 0 Å². The standard InChI is InChI=1S/C14H16F3N3OS/c1-9-6-11(10(2)20(9)8-14(15,16)17)12(21)7-22-13-18-4-5-19(13)3/h4-6H,7-8H2,1-3H3. The highest BCUT2D eigenvalue weighted by atomic mass is 32.2. The van der Waals surface area contributed by atoms with Crippen molar-refractivity contribution >= 4 is 17.5 Å². The lowest BCUT2D eigenvalue weighted by molar-refractivity contribution is -0.141. The second kappa shape index (κ2) is 6.20. The molecule has 0 fully saturated rings. The minimum Gasteiger partial charge on any atom is -0.339 e. The Labute approximate surface area is 130 Å². The average Bonchev–Trinajstić information content (AvgIpc) is 2.93. The van der Waals surface area contributed by atoms with Gasteiger partial charge in [0, 0.05) is 36.4 Å². The van der Waals surface area contributed by atoms with E-state index in [2.05, 4.69) is 4.98 Å². The summed E-state index contributed by atoms with van der Waals surface area (Å²) >= 11 is 1.26. The van der Waals surface area contributed by atoms with Crippen LogP contribution in [0.1, 0.15) is 21.7 Å². The van der Waals surface area contributed by atoms with Crippen LogP contribution in [0.25, 0.3) is 0 Å². The summed E-state index contributed by atoms with van der Waals surface area (Å²) in [7, 11) is 1.81. The number of aromatic nitrogens is 3. The SMILES string of the molecule is Cc1cc(C(=O)CSc2nccn2C)c(C)n1CC(F)(F)F. The lowest BCUT2D eigenvalue weighted by atomic mass is 10.2. The largest absolute Gasteiger partial charge is 0.406 e. The van der Waals surface area contributed by atoms with E-state index in [1.165, 1.54) is 24.8 Å². The van der Waals surface area contributed by atoms with Crippen molar-refractivity contribution in [2.45, 2.75) is 31.7 Å². The Morgan fingerprint density at radius 2 is 2.05 bits per heavy atom. The molecule has 0 amide bonds. The molecule has 0 radical (unpaired) electrons. The third-order valence-electron chi connectivity index (χ3n) is 3.32. The van der Waals surface area contributed by atoms with E-state index in [1.807, 2.05) is 7.05 Å². The number of thioether (sulfide) groups is 1. The molecule has 2 rings (SSSR count). The number of imidazole rings is 1.